The maximum Gasteiger partial charge on any atom is 0.285 e. The van der Waals surface area contributed by atoms with E-state index in [2.05, 4.69) is 39.5 Å². The molecule has 1 N–H and O–H groups in total. The van der Waals surface area contributed by atoms with Gasteiger partial charge in [-0.3, -0.25) is 19.3 Å². The molecular weight excluding hydrogens is 792 g/mol. The molecule has 0 saturated carbocycles. The molecule has 1 aliphatic rings. The Kier molecular flexibility index (Phi) is 13.4. The quantitative estimate of drug-likeness (QED) is 0.0630. The summed E-state index contributed by atoms with van der Waals surface area (Å²) in [5, 5.41) is 3.15. The third-order valence-electron chi connectivity index (χ3n) is 7.75. The van der Waals surface area contributed by atoms with Gasteiger partial charge < -0.3 is 14.8 Å². The fourth-order valence-corrected chi connectivity index (χ4v) is 6.89. The number of benzene rings is 4. The monoisotopic (exact) mass is 827 g/mol. The molecule has 1 heterocycles. The Bertz CT molecular complexity index is 2040. The van der Waals surface area contributed by atoms with Crippen molar-refractivity contribution in [1.82, 2.24) is 10.2 Å². The highest BCUT2D eigenvalue weighted by molar-refractivity contribution is 14.1. The van der Waals surface area contributed by atoms with Gasteiger partial charge >= 0.3 is 0 Å². The summed E-state index contributed by atoms with van der Waals surface area (Å²) in [7, 11) is 1.48. The van der Waals surface area contributed by atoms with Crippen molar-refractivity contribution in [2.75, 3.05) is 12.9 Å². The van der Waals surface area contributed by atoms with Crippen LogP contribution in [0.2, 0.25) is 0 Å². The van der Waals surface area contributed by atoms with Crippen LogP contribution < -0.4 is 14.8 Å². The molecule has 4 aromatic rings. The number of ether oxygens (including phenoxy) is 2. The number of nitrogens with one attached hydrogen (secondary N) is 1. The van der Waals surface area contributed by atoms with Crippen molar-refractivity contribution in [3.63, 3.8) is 0 Å². The molecule has 0 aromatic heterocycles. The van der Waals surface area contributed by atoms with Gasteiger partial charge in [-0.15, -0.1) is 0 Å². The second-order valence-electron chi connectivity index (χ2n) is 11.3. The van der Waals surface area contributed by atoms with Gasteiger partial charge in [0.25, 0.3) is 11.8 Å². The van der Waals surface area contributed by atoms with E-state index >= 15 is 0 Å². The van der Waals surface area contributed by atoms with Gasteiger partial charge in [-0.1, -0.05) is 109 Å². The van der Waals surface area contributed by atoms with Gasteiger partial charge in [-0.2, -0.15) is 4.99 Å². The smallest absolute Gasteiger partial charge is 0.285 e. The number of rotatable bonds is 13. The van der Waals surface area contributed by atoms with Crippen molar-refractivity contribution in [2.24, 2.45) is 4.99 Å². The number of hydrogen-bond donors (Lipinski definition) is 1. The first-order valence-corrected chi connectivity index (χ1v) is 18.2. The lowest BCUT2D eigenvalue weighted by Gasteiger charge is -2.28. The summed E-state index contributed by atoms with van der Waals surface area (Å²) >= 11 is 3.06. The average molecular weight is 828 g/mol. The minimum Gasteiger partial charge on any atom is -0.493 e. The molecule has 0 radical (unpaired) electrons. The van der Waals surface area contributed by atoms with E-state index in [4.69, 9.17) is 9.47 Å². The maximum atomic E-state index is 14.2. The lowest BCUT2D eigenvalue weighted by Crippen LogP contribution is -2.42. The molecule has 0 bridgehead atoms. The van der Waals surface area contributed by atoms with Gasteiger partial charge in [0.2, 0.25) is 5.91 Å². The van der Waals surface area contributed by atoms with Gasteiger partial charge in [0, 0.05) is 5.70 Å². The molecule has 52 heavy (non-hydrogen) atoms. The lowest BCUT2D eigenvalue weighted by molar-refractivity contribution is -0.126. The zero-order valence-electron chi connectivity index (χ0n) is 28.4. The van der Waals surface area contributed by atoms with Crippen LogP contribution >= 0.6 is 34.4 Å². The van der Waals surface area contributed by atoms with Crippen molar-refractivity contribution < 1.29 is 28.2 Å². The maximum absolute atomic E-state index is 14.2. The van der Waals surface area contributed by atoms with Gasteiger partial charge in [-0.25, -0.2) is 4.39 Å². The first-order chi connectivity index (χ1) is 25.2. The molecule has 0 saturated heterocycles. The Morgan fingerprint density at radius 3 is 2.33 bits per heavy atom. The van der Waals surface area contributed by atoms with Crippen molar-refractivity contribution in [2.45, 2.75) is 19.6 Å². The predicted molar refractivity (Wildman–Crippen MR) is 212 cm³/mol. The molecule has 4 aromatic carbocycles. The minimum atomic E-state index is -0.751. The van der Waals surface area contributed by atoms with Crippen LogP contribution in [-0.4, -0.2) is 40.7 Å². The average Bonchev–Trinajstić information content (AvgIpc) is 3.15. The molecule has 1 aliphatic heterocycles. The molecule has 11 heteroatoms. The van der Waals surface area contributed by atoms with Crippen molar-refractivity contribution in [3.05, 3.63) is 171 Å². The van der Waals surface area contributed by atoms with E-state index in [1.54, 1.807) is 55.5 Å². The summed E-state index contributed by atoms with van der Waals surface area (Å²) in [6, 6.07) is 28.3. The molecule has 264 valence electrons. The number of nitrogens with zero attached hydrogens (tertiary/aromatic N) is 2. The summed E-state index contributed by atoms with van der Waals surface area (Å²) in [5.74, 6) is -1.36. The van der Waals surface area contributed by atoms with Crippen LogP contribution in [0.3, 0.4) is 0 Å². The minimum absolute atomic E-state index is 0.0633. The van der Waals surface area contributed by atoms with Crippen LogP contribution in [-0.2, 0) is 21.0 Å². The number of halogens is 2. The third kappa shape index (κ3) is 9.53. The van der Waals surface area contributed by atoms with Crippen molar-refractivity contribution in [3.8, 4) is 11.5 Å². The summed E-state index contributed by atoms with van der Waals surface area (Å²) in [5.41, 5.74) is 3.22. The highest BCUT2D eigenvalue weighted by atomic mass is 127. The van der Waals surface area contributed by atoms with E-state index in [1.807, 2.05) is 60.7 Å². The van der Waals surface area contributed by atoms with Gasteiger partial charge in [0.1, 0.15) is 18.0 Å². The van der Waals surface area contributed by atoms with Gasteiger partial charge in [-0.05, 0) is 88.2 Å². The number of thioether (sulfide) groups is 1. The van der Waals surface area contributed by atoms with E-state index in [-0.39, 0.29) is 34.8 Å². The summed E-state index contributed by atoms with van der Waals surface area (Å²) < 4.78 is 25.9. The summed E-state index contributed by atoms with van der Waals surface area (Å²) in [4.78, 5) is 46.7. The third-order valence-corrected chi connectivity index (χ3v) is 9.49. The van der Waals surface area contributed by atoms with Crippen LogP contribution in [0.15, 0.2) is 144 Å². The van der Waals surface area contributed by atoms with Crippen LogP contribution in [0.1, 0.15) is 35.2 Å². The first kappa shape index (κ1) is 38.0. The van der Waals surface area contributed by atoms with Crippen LogP contribution in [0.5, 0.6) is 11.5 Å². The first-order valence-electron chi connectivity index (χ1n) is 16.1. The van der Waals surface area contributed by atoms with Crippen LogP contribution in [0.25, 0.3) is 6.08 Å². The number of methoxy groups -OCH3 is 1. The van der Waals surface area contributed by atoms with E-state index in [9.17, 15) is 18.8 Å². The van der Waals surface area contributed by atoms with E-state index < -0.39 is 17.9 Å². The second-order valence-corrected chi connectivity index (χ2v) is 13.4. The molecule has 0 spiro atoms. The lowest BCUT2D eigenvalue weighted by atomic mass is 9.99. The highest BCUT2D eigenvalue weighted by Gasteiger charge is 2.35. The Morgan fingerprint density at radius 1 is 1.02 bits per heavy atom. The number of allylic oxidation sites excluding steroid dienone is 4. The fraction of sp³-hybridized carbons (Fsp3) is 0.122. The Morgan fingerprint density at radius 2 is 1.71 bits per heavy atom. The molecule has 3 amide bonds. The van der Waals surface area contributed by atoms with E-state index in [1.165, 1.54) is 30.2 Å². The fourth-order valence-electron chi connectivity index (χ4n) is 5.31. The number of amidine groups is 1. The Balaban J connectivity index is 1.41. The van der Waals surface area contributed by atoms with E-state index in [0.717, 1.165) is 22.9 Å². The molecule has 5 rings (SSSR count). The van der Waals surface area contributed by atoms with Crippen LogP contribution in [0.4, 0.5) is 4.39 Å². The largest absolute Gasteiger partial charge is 0.493 e. The molecule has 0 atom stereocenters. The number of hydrogen-bond acceptors (Lipinski definition) is 6. The highest BCUT2D eigenvalue weighted by Crippen LogP contribution is 2.36. The number of carbonyl (C=O) groups is 3. The summed E-state index contributed by atoms with van der Waals surface area (Å²) in [6.07, 6.45) is 8.06. The van der Waals surface area contributed by atoms with Gasteiger partial charge in [0.05, 0.1) is 22.5 Å². The molecule has 0 unspecified atom stereocenters. The Labute approximate surface area is 320 Å². The standard InChI is InChI=1S/C41H35FIN3O5S/c1-4-6-20-32(5-2)46-40(49)33(22-28-23-34(43)38(35(24-28)50-3)51-25-27-14-13-19-31(42)21-27)39(48)45-41(46)52-26-36(47)44-37(29-15-9-7-10-16-29)30-17-11-8-12-18-30/h4-24,37H,1,25-26H2,2-3H3,(H,44,47)/b20-6-,32-5+,33-22+. The molecule has 8 nitrogen and oxygen atoms in total. The second kappa shape index (κ2) is 18.3. The topological polar surface area (TPSA) is 97.3 Å². The van der Waals surface area contributed by atoms with Crippen molar-refractivity contribution >= 4 is 63.3 Å². The van der Waals surface area contributed by atoms with Crippen LogP contribution in [0, 0.1) is 9.39 Å². The molecule has 0 aliphatic carbocycles. The van der Waals surface area contributed by atoms with Gasteiger partial charge in [0.15, 0.2) is 16.7 Å². The Hall–Kier alpha value is -5.27. The molecule has 0 fully saturated rings. The number of carbonyl (C=O) groups excluding carboxylic acids is 3. The predicted octanol–water partition coefficient (Wildman–Crippen LogP) is 8.41. The van der Waals surface area contributed by atoms with E-state index in [0.29, 0.717) is 31.9 Å². The summed E-state index contributed by atoms with van der Waals surface area (Å²) in [6.45, 7) is 5.58. The zero-order valence-corrected chi connectivity index (χ0v) is 31.4. The number of amides is 3. The normalized spacial score (nSPS) is 14.2. The molecular formula is C41H35FIN3O5S. The zero-order chi connectivity index (χ0) is 37.0. The van der Waals surface area contributed by atoms with Crippen molar-refractivity contribution in [1.29, 1.82) is 0 Å². The SMILES string of the molecule is C=C/C=C\C(=C/C)N1C(=O)/C(=C/c2cc(I)c(OCc3cccc(F)c3)c(OC)c2)C(=O)N=C1SCC(=O)NC(c1ccccc1)c1ccccc1. The number of aliphatic imine (C=N–C) groups is 1.